The summed E-state index contributed by atoms with van der Waals surface area (Å²) in [6.07, 6.45) is 6.90. The number of rotatable bonds is 7. The molecule has 2 amide bonds. The van der Waals surface area contributed by atoms with E-state index in [2.05, 4.69) is 21.9 Å². The predicted octanol–water partition coefficient (Wildman–Crippen LogP) is 6.40. The summed E-state index contributed by atoms with van der Waals surface area (Å²) in [4.78, 5) is 26.8. The summed E-state index contributed by atoms with van der Waals surface area (Å²) < 4.78 is 11.8. The average molecular weight is 541 g/mol. The van der Waals surface area contributed by atoms with Crippen molar-refractivity contribution in [2.45, 2.75) is 13.5 Å². The van der Waals surface area contributed by atoms with Gasteiger partial charge in [0, 0.05) is 10.0 Å². The Labute approximate surface area is 202 Å². The summed E-state index contributed by atoms with van der Waals surface area (Å²) in [6, 6.07) is 8.42. The Morgan fingerprint density at radius 1 is 1.23 bits per heavy atom. The van der Waals surface area contributed by atoms with E-state index in [0.717, 1.165) is 16.7 Å². The summed E-state index contributed by atoms with van der Waals surface area (Å²) in [5.74, 6) is 2.96. The molecule has 0 unspecified atom stereocenters. The quantitative estimate of drug-likeness (QED) is 0.300. The first-order valence-electron chi connectivity index (χ1n) is 9.06. The van der Waals surface area contributed by atoms with Gasteiger partial charge < -0.3 is 9.47 Å². The van der Waals surface area contributed by atoms with E-state index in [4.69, 9.17) is 39.1 Å². The van der Waals surface area contributed by atoms with Gasteiger partial charge in [-0.3, -0.25) is 14.5 Å². The molecule has 0 aromatic heterocycles. The number of terminal acetylenes is 1. The van der Waals surface area contributed by atoms with Crippen molar-refractivity contribution in [1.29, 1.82) is 0 Å². The van der Waals surface area contributed by atoms with Gasteiger partial charge in [-0.15, -0.1) is 6.42 Å². The second kappa shape index (κ2) is 10.5. The lowest BCUT2D eigenvalue weighted by atomic mass is 10.1. The summed E-state index contributed by atoms with van der Waals surface area (Å²) >= 11 is 16.4. The van der Waals surface area contributed by atoms with Crippen LogP contribution in [0.25, 0.3) is 6.08 Å². The molecular formula is C22H16BrCl2NO4S. The van der Waals surface area contributed by atoms with Crippen LogP contribution in [-0.2, 0) is 11.3 Å². The number of halogens is 3. The molecule has 3 rings (SSSR count). The minimum Gasteiger partial charge on any atom is -0.490 e. The molecule has 1 fully saturated rings. The van der Waals surface area contributed by atoms with Crippen molar-refractivity contribution in [2.24, 2.45) is 0 Å². The molecule has 1 heterocycles. The highest BCUT2D eigenvalue weighted by Crippen LogP contribution is 2.39. The van der Waals surface area contributed by atoms with Crippen molar-refractivity contribution < 1.29 is 19.1 Å². The van der Waals surface area contributed by atoms with Crippen molar-refractivity contribution in [3.8, 4) is 23.8 Å². The number of carbonyl (C=O) groups is 2. The van der Waals surface area contributed by atoms with Crippen LogP contribution in [0.15, 0.2) is 39.7 Å². The topological polar surface area (TPSA) is 55.8 Å². The normalized spacial score (nSPS) is 14.8. The zero-order chi connectivity index (χ0) is 22.5. The molecule has 1 aliphatic heterocycles. The van der Waals surface area contributed by atoms with Gasteiger partial charge in [0.1, 0.15) is 6.61 Å². The van der Waals surface area contributed by atoms with Gasteiger partial charge in [-0.2, -0.15) is 0 Å². The van der Waals surface area contributed by atoms with Crippen LogP contribution in [0.5, 0.6) is 11.5 Å². The first kappa shape index (κ1) is 23.6. The minimum atomic E-state index is -0.400. The minimum absolute atomic E-state index is 0.0603. The Bertz CT molecular complexity index is 1110. The summed E-state index contributed by atoms with van der Waals surface area (Å²) in [7, 11) is 0. The molecule has 0 N–H and O–H groups in total. The molecule has 0 radical (unpaired) electrons. The molecule has 2 aromatic rings. The maximum atomic E-state index is 12.9. The number of hydrogen-bond donors (Lipinski definition) is 0. The van der Waals surface area contributed by atoms with E-state index >= 15 is 0 Å². The SMILES string of the molecule is C#CCOc1c(Br)cc(/C=C2\SC(=O)N(Cc3ccc(Cl)cc3Cl)C2=O)cc1OCC. The highest BCUT2D eigenvalue weighted by molar-refractivity contribution is 9.10. The van der Waals surface area contributed by atoms with E-state index in [-0.39, 0.29) is 18.4 Å². The van der Waals surface area contributed by atoms with Gasteiger partial charge in [0.15, 0.2) is 11.5 Å². The summed E-state index contributed by atoms with van der Waals surface area (Å²) in [5.41, 5.74) is 1.30. The molecule has 1 saturated heterocycles. The Morgan fingerprint density at radius 2 is 2.00 bits per heavy atom. The number of nitrogens with zero attached hydrogens (tertiary/aromatic N) is 1. The van der Waals surface area contributed by atoms with Crippen LogP contribution in [-0.4, -0.2) is 29.3 Å². The van der Waals surface area contributed by atoms with E-state index in [1.54, 1.807) is 36.4 Å². The standard InChI is InChI=1S/C22H16BrCl2NO4S/c1-3-7-30-20-16(23)8-13(9-18(20)29-4-2)10-19-21(27)26(22(28)31-19)12-14-5-6-15(24)11-17(14)25/h1,5-6,8-11H,4,7,12H2,2H3/b19-10-. The Morgan fingerprint density at radius 3 is 2.68 bits per heavy atom. The summed E-state index contributed by atoms with van der Waals surface area (Å²) in [6.45, 7) is 2.41. The fraction of sp³-hybridized carbons (Fsp3) is 0.182. The third-order valence-electron chi connectivity index (χ3n) is 4.15. The monoisotopic (exact) mass is 539 g/mol. The Kier molecular flexibility index (Phi) is 7.95. The molecule has 0 aliphatic carbocycles. The van der Waals surface area contributed by atoms with Crippen molar-refractivity contribution in [1.82, 2.24) is 4.90 Å². The second-order valence-corrected chi connectivity index (χ2v) is 8.95. The number of amides is 2. The van der Waals surface area contributed by atoms with Crippen LogP contribution in [0, 0.1) is 12.3 Å². The fourth-order valence-electron chi connectivity index (χ4n) is 2.80. The Balaban J connectivity index is 1.87. The highest BCUT2D eigenvalue weighted by atomic mass is 79.9. The first-order valence-corrected chi connectivity index (χ1v) is 11.4. The number of hydrogen-bond acceptors (Lipinski definition) is 5. The van der Waals surface area contributed by atoms with E-state index in [1.807, 2.05) is 6.92 Å². The zero-order valence-corrected chi connectivity index (χ0v) is 20.2. The van der Waals surface area contributed by atoms with Gasteiger partial charge in [0.05, 0.1) is 22.5 Å². The fourth-order valence-corrected chi connectivity index (χ4v) is 4.68. The van der Waals surface area contributed by atoms with E-state index in [9.17, 15) is 9.59 Å². The van der Waals surface area contributed by atoms with Crippen molar-refractivity contribution in [3.63, 3.8) is 0 Å². The van der Waals surface area contributed by atoms with Gasteiger partial charge in [-0.05, 0) is 76.1 Å². The molecule has 1 aliphatic rings. The van der Waals surface area contributed by atoms with Crippen LogP contribution in [0.4, 0.5) is 4.79 Å². The van der Waals surface area contributed by atoms with Crippen LogP contribution in [0.3, 0.4) is 0 Å². The van der Waals surface area contributed by atoms with Crippen LogP contribution < -0.4 is 9.47 Å². The van der Waals surface area contributed by atoms with Crippen molar-refractivity contribution in [2.75, 3.05) is 13.2 Å². The van der Waals surface area contributed by atoms with Crippen molar-refractivity contribution >= 4 is 68.1 Å². The third-order valence-corrected chi connectivity index (χ3v) is 6.23. The van der Waals surface area contributed by atoms with Gasteiger partial charge >= 0.3 is 0 Å². The number of benzene rings is 2. The maximum absolute atomic E-state index is 12.9. The highest BCUT2D eigenvalue weighted by Gasteiger charge is 2.35. The van der Waals surface area contributed by atoms with Crippen LogP contribution >= 0.6 is 50.9 Å². The lowest BCUT2D eigenvalue weighted by molar-refractivity contribution is -0.123. The Hall–Kier alpha value is -2.11. The molecule has 0 spiro atoms. The van der Waals surface area contributed by atoms with Gasteiger partial charge in [-0.1, -0.05) is 35.2 Å². The van der Waals surface area contributed by atoms with Crippen molar-refractivity contribution in [3.05, 3.63) is 60.9 Å². The third kappa shape index (κ3) is 5.58. The molecule has 5 nitrogen and oxygen atoms in total. The molecule has 0 saturated carbocycles. The molecule has 160 valence electrons. The van der Waals surface area contributed by atoms with Crippen LogP contribution in [0.1, 0.15) is 18.1 Å². The second-order valence-electron chi connectivity index (χ2n) is 6.26. The van der Waals surface area contributed by atoms with Gasteiger partial charge in [0.2, 0.25) is 0 Å². The van der Waals surface area contributed by atoms with E-state index in [1.165, 1.54) is 0 Å². The number of carbonyl (C=O) groups excluding carboxylic acids is 2. The molecule has 2 aromatic carbocycles. The maximum Gasteiger partial charge on any atom is 0.293 e. The lowest BCUT2D eigenvalue weighted by Crippen LogP contribution is -2.27. The van der Waals surface area contributed by atoms with E-state index < -0.39 is 5.91 Å². The number of imide groups is 1. The number of ether oxygens (including phenoxy) is 2. The van der Waals surface area contributed by atoms with E-state index in [0.29, 0.717) is 48.7 Å². The largest absolute Gasteiger partial charge is 0.490 e. The van der Waals surface area contributed by atoms with Gasteiger partial charge in [-0.25, -0.2) is 0 Å². The van der Waals surface area contributed by atoms with Gasteiger partial charge in [0.25, 0.3) is 11.1 Å². The first-order chi connectivity index (χ1) is 14.8. The lowest BCUT2D eigenvalue weighted by Gasteiger charge is -2.14. The number of thioether (sulfide) groups is 1. The summed E-state index contributed by atoms with van der Waals surface area (Å²) in [5, 5.41) is 0.497. The molecule has 0 bridgehead atoms. The average Bonchev–Trinajstić information content (AvgIpc) is 2.97. The van der Waals surface area contributed by atoms with Crippen LogP contribution in [0.2, 0.25) is 10.0 Å². The zero-order valence-electron chi connectivity index (χ0n) is 16.3. The molecule has 31 heavy (non-hydrogen) atoms. The molecule has 9 heteroatoms. The smallest absolute Gasteiger partial charge is 0.293 e. The molecular weight excluding hydrogens is 525 g/mol. The molecule has 0 atom stereocenters. The predicted molar refractivity (Wildman–Crippen MR) is 128 cm³/mol.